The molecule has 0 atom stereocenters. The maximum atomic E-state index is 13.1. The number of amides is 2. The highest BCUT2D eigenvalue weighted by molar-refractivity contribution is 6.32. The van der Waals surface area contributed by atoms with E-state index in [9.17, 15) is 14.0 Å². The molecule has 172 valence electrons. The van der Waals surface area contributed by atoms with Crippen molar-refractivity contribution < 1.29 is 23.5 Å². The Labute approximate surface area is 192 Å². The van der Waals surface area contributed by atoms with Crippen molar-refractivity contribution >= 4 is 23.4 Å². The molecular formula is C24H28ClFN2O4. The summed E-state index contributed by atoms with van der Waals surface area (Å²) in [5.41, 5.74) is 1.19. The predicted molar refractivity (Wildman–Crippen MR) is 121 cm³/mol. The summed E-state index contributed by atoms with van der Waals surface area (Å²) in [6, 6.07) is 9.18. The second-order valence-electron chi connectivity index (χ2n) is 7.54. The van der Waals surface area contributed by atoms with E-state index in [0.717, 1.165) is 12.0 Å². The van der Waals surface area contributed by atoms with Gasteiger partial charge < -0.3 is 19.3 Å². The number of ether oxygens (including phenoxy) is 2. The van der Waals surface area contributed by atoms with Gasteiger partial charge in [0.15, 0.2) is 11.5 Å². The minimum absolute atomic E-state index is 0.0391. The number of carbonyl (C=O) groups excluding carboxylic acids is 2. The van der Waals surface area contributed by atoms with Crippen molar-refractivity contribution in [2.75, 3.05) is 39.4 Å². The zero-order valence-corrected chi connectivity index (χ0v) is 19.2. The molecule has 0 radical (unpaired) electrons. The summed E-state index contributed by atoms with van der Waals surface area (Å²) in [7, 11) is 0. The molecule has 1 heterocycles. The van der Waals surface area contributed by atoms with Crippen LogP contribution < -0.4 is 9.47 Å². The summed E-state index contributed by atoms with van der Waals surface area (Å²) in [4.78, 5) is 29.1. The Balaban J connectivity index is 1.63. The molecule has 6 nitrogen and oxygen atoms in total. The van der Waals surface area contributed by atoms with Crippen molar-refractivity contribution in [2.24, 2.45) is 0 Å². The van der Waals surface area contributed by atoms with E-state index in [1.807, 2.05) is 13.8 Å². The summed E-state index contributed by atoms with van der Waals surface area (Å²) >= 11 is 6.39. The number of carbonyl (C=O) groups is 2. The van der Waals surface area contributed by atoms with Crippen molar-refractivity contribution in [1.82, 2.24) is 9.80 Å². The fraction of sp³-hybridized carbons (Fsp3) is 0.417. The Bertz CT molecular complexity index is 944. The van der Waals surface area contributed by atoms with Crippen molar-refractivity contribution in [1.29, 1.82) is 0 Å². The third-order valence-electron chi connectivity index (χ3n) is 5.20. The molecule has 2 aromatic carbocycles. The molecule has 3 rings (SSSR count). The molecule has 2 aromatic rings. The van der Waals surface area contributed by atoms with Crippen LogP contribution in [0.3, 0.4) is 0 Å². The SMILES string of the molecule is CCCOc1c(Cl)cc(C(=O)N2CCN(C(=O)Cc3ccc(F)cc3)CC2)cc1OCC. The Kier molecular flexibility index (Phi) is 8.33. The minimum Gasteiger partial charge on any atom is -0.490 e. The van der Waals surface area contributed by atoms with Gasteiger partial charge in [-0.05, 0) is 43.2 Å². The number of piperazine rings is 1. The van der Waals surface area contributed by atoms with Crippen molar-refractivity contribution in [2.45, 2.75) is 26.7 Å². The molecule has 0 aromatic heterocycles. The number of benzene rings is 2. The third-order valence-corrected chi connectivity index (χ3v) is 5.48. The highest BCUT2D eigenvalue weighted by Crippen LogP contribution is 2.37. The molecule has 0 bridgehead atoms. The van der Waals surface area contributed by atoms with Gasteiger partial charge in [0.25, 0.3) is 5.91 Å². The van der Waals surface area contributed by atoms with Gasteiger partial charge in [-0.15, -0.1) is 0 Å². The van der Waals surface area contributed by atoms with E-state index in [0.29, 0.717) is 61.5 Å². The van der Waals surface area contributed by atoms with Gasteiger partial charge in [-0.1, -0.05) is 30.7 Å². The van der Waals surface area contributed by atoms with E-state index in [1.165, 1.54) is 12.1 Å². The highest BCUT2D eigenvalue weighted by atomic mass is 35.5. The lowest BCUT2D eigenvalue weighted by Crippen LogP contribution is -2.51. The normalized spacial score (nSPS) is 13.8. The summed E-state index contributed by atoms with van der Waals surface area (Å²) in [5, 5.41) is 0.334. The third kappa shape index (κ3) is 5.91. The van der Waals surface area contributed by atoms with E-state index in [-0.39, 0.29) is 24.1 Å². The molecule has 2 amide bonds. The van der Waals surface area contributed by atoms with Crippen LogP contribution in [0.1, 0.15) is 36.2 Å². The maximum absolute atomic E-state index is 13.1. The van der Waals surface area contributed by atoms with Gasteiger partial charge in [0, 0.05) is 31.7 Å². The average molecular weight is 463 g/mol. The molecule has 8 heteroatoms. The lowest BCUT2D eigenvalue weighted by molar-refractivity contribution is -0.131. The highest BCUT2D eigenvalue weighted by Gasteiger charge is 2.26. The van der Waals surface area contributed by atoms with E-state index < -0.39 is 0 Å². The van der Waals surface area contributed by atoms with Crippen LogP contribution in [0.5, 0.6) is 11.5 Å². The van der Waals surface area contributed by atoms with Gasteiger partial charge >= 0.3 is 0 Å². The van der Waals surface area contributed by atoms with Crippen LogP contribution in [0.4, 0.5) is 4.39 Å². The lowest BCUT2D eigenvalue weighted by Gasteiger charge is -2.35. The number of rotatable bonds is 8. The number of hydrogen-bond acceptors (Lipinski definition) is 4. The number of hydrogen-bond donors (Lipinski definition) is 0. The van der Waals surface area contributed by atoms with Gasteiger partial charge in [0.05, 0.1) is 24.7 Å². The predicted octanol–water partition coefficient (Wildman–Crippen LogP) is 4.19. The van der Waals surface area contributed by atoms with Gasteiger partial charge in [-0.25, -0.2) is 4.39 Å². The van der Waals surface area contributed by atoms with Gasteiger partial charge in [-0.2, -0.15) is 0 Å². The Morgan fingerprint density at radius 3 is 2.28 bits per heavy atom. The number of nitrogens with zero attached hydrogens (tertiary/aromatic N) is 2. The van der Waals surface area contributed by atoms with Crippen molar-refractivity contribution in [3.8, 4) is 11.5 Å². The molecular weight excluding hydrogens is 435 g/mol. The fourth-order valence-electron chi connectivity index (χ4n) is 3.53. The summed E-state index contributed by atoms with van der Waals surface area (Å²) < 4.78 is 24.4. The smallest absolute Gasteiger partial charge is 0.254 e. The average Bonchev–Trinajstić information content (AvgIpc) is 2.79. The molecule has 1 aliphatic heterocycles. The van der Waals surface area contributed by atoms with E-state index >= 15 is 0 Å². The van der Waals surface area contributed by atoms with Gasteiger partial charge in [0.2, 0.25) is 5.91 Å². The molecule has 32 heavy (non-hydrogen) atoms. The molecule has 0 N–H and O–H groups in total. The first-order valence-electron chi connectivity index (χ1n) is 10.8. The maximum Gasteiger partial charge on any atom is 0.254 e. The first-order valence-corrected chi connectivity index (χ1v) is 11.2. The standard InChI is InChI=1S/C24H28ClFN2O4/c1-3-13-32-23-20(25)15-18(16-21(23)31-4-2)24(30)28-11-9-27(10-12-28)22(29)14-17-5-7-19(26)8-6-17/h5-8,15-16H,3-4,9-14H2,1-2H3. The Morgan fingerprint density at radius 1 is 1.00 bits per heavy atom. The monoisotopic (exact) mass is 462 g/mol. The summed E-state index contributed by atoms with van der Waals surface area (Å²) in [6.45, 7) is 6.50. The van der Waals surface area contributed by atoms with Crippen molar-refractivity contribution in [3.63, 3.8) is 0 Å². The minimum atomic E-state index is -0.328. The zero-order chi connectivity index (χ0) is 23.1. The summed E-state index contributed by atoms with van der Waals surface area (Å²) in [6.07, 6.45) is 1.04. The molecule has 0 spiro atoms. The number of halogens is 2. The van der Waals surface area contributed by atoms with Crippen LogP contribution in [0.15, 0.2) is 36.4 Å². The second kappa shape index (κ2) is 11.2. The molecule has 0 unspecified atom stereocenters. The zero-order valence-electron chi connectivity index (χ0n) is 18.4. The van der Waals surface area contributed by atoms with Crippen LogP contribution in [0, 0.1) is 5.82 Å². The molecule has 0 aliphatic carbocycles. The molecule has 0 saturated carbocycles. The van der Waals surface area contributed by atoms with Gasteiger partial charge in [0.1, 0.15) is 5.82 Å². The van der Waals surface area contributed by atoms with Crippen LogP contribution in [-0.4, -0.2) is 61.0 Å². The topological polar surface area (TPSA) is 59.1 Å². The summed E-state index contributed by atoms with van der Waals surface area (Å²) in [5.74, 6) is 0.363. The van der Waals surface area contributed by atoms with Gasteiger partial charge in [-0.3, -0.25) is 9.59 Å². The first kappa shape index (κ1) is 23.9. The molecule has 1 saturated heterocycles. The van der Waals surface area contributed by atoms with E-state index in [2.05, 4.69) is 0 Å². The van der Waals surface area contributed by atoms with Crippen LogP contribution >= 0.6 is 11.6 Å². The van der Waals surface area contributed by atoms with E-state index in [1.54, 1.807) is 34.1 Å². The second-order valence-corrected chi connectivity index (χ2v) is 7.95. The lowest BCUT2D eigenvalue weighted by atomic mass is 10.1. The Morgan fingerprint density at radius 2 is 1.66 bits per heavy atom. The van der Waals surface area contributed by atoms with Crippen LogP contribution in [0.2, 0.25) is 5.02 Å². The Hall–Kier alpha value is -2.80. The molecule has 1 aliphatic rings. The van der Waals surface area contributed by atoms with E-state index in [4.69, 9.17) is 21.1 Å². The fourth-order valence-corrected chi connectivity index (χ4v) is 3.79. The largest absolute Gasteiger partial charge is 0.490 e. The van der Waals surface area contributed by atoms with Crippen LogP contribution in [-0.2, 0) is 11.2 Å². The van der Waals surface area contributed by atoms with Crippen LogP contribution in [0.25, 0.3) is 0 Å². The first-order chi connectivity index (χ1) is 15.4. The quantitative estimate of drug-likeness (QED) is 0.590. The molecule has 1 fully saturated rings. The van der Waals surface area contributed by atoms with Crippen molar-refractivity contribution in [3.05, 3.63) is 58.4 Å².